The van der Waals surface area contributed by atoms with Crippen molar-refractivity contribution in [3.63, 3.8) is 0 Å². The zero-order valence-electron chi connectivity index (χ0n) is 33.7. The Morgan fingerprint density at radius 1 is 0.875 bits per heavy atom. The number of nitrogens with zero attached hydrogens (tertiary/aromatic N) is 1. The minimum absolute atomic E-state index is 0.0196. The molecule has 56 heavy (non-hydrogen) atoms. The van der Waals surface area contributed by atoms with E-state index in [4.69, 9.17) is 32.4 Å². The maximum absolute atomic E-state index is 13.0. The number of Topliss-reactive ketones (excluding diaryl/α,β-unsaturated/α-hetero) is 1. The minimum atomic E-state index is -1.12. The standard InChI is InChI=1S/C37H67N9O9S/c1-36(2,29(47)12-13-30(48)42-15-17-54-19-20-55-18-16-44-37(3,4)41)45-27(33(40)51)7-5-6-14-43-34(52)26(38)23-56-28-21-31(49)46(35(28)53)22-24-8-10-25(11-9-24)32(39)50/h24-28,44-45H,5-23,38,41H2,1-4H3,(H2,39,50)(H2,40,51)(H,42,48)(H,43,52). The van der Waals surface area contributed by atoms with Gasteiger partial charge in [0.1, 0.15) is 0 Å². The van der Waals surface area contributed by atoms with Gasteiger partial charge in [-0.25, -0.2) is 0 Å². The van der Waals surface area contributed by atoms with Crippen LogP contribution in [0.3, 0.4) is 0 Å². The number of carbonyl (C=O) groups is 7. The molecule has 12 N–H and O–H groups in total. The molecule has 1 saturated heterocycles. The molecule has 2 aliphatic rings. The molecule has 19 heteroatoms. The van der Waals surface area contributed by atoms with Gasteiger partial charge >= 0.3 is 0 Å². The zero-order chi connectivity index (χ0) is 41.9. The van der Waals surface area contributed by atoms with Gasteiger partial charge in [0, 0.05) is 57.1 Å². The number of carbonyl (C=O) groups excluding carboxylic acids is 7. The minimum Gasteiger partial charge on any atom is -0.378 e. The average molecular weight is 814 g/mol. The van der Waals surface area contributed by atoms with Crippen molar-refractivity contribution in [3.05, 3.63) is 0 Å². The lowest BCUT2D eigenvalue weighted by molar-refractivity contribution is -0.139. The maximum Gasteiger partial charge on any atom is 0.242 e. The van der Waals surface area contributed by atoms with Crippen LogP contribution < -0.4 is 44.2 Å². The number of hydrogen-bond acceptors (Lipinski definition) is 14. The first-order chi connectivity index (χ1) is 26.3. The molecule has 2 fully saturated rings. The van der Waals surface area contributed by atoms with E-state index >= 15 is 0 Å². The molecule has 320 valence electrons. The third kappa shape index (κ3) is 18.8. The number of likely N-dealkylation sites (tertiary alicyclic amines) is 1. The molecule has 1 aliphatic heterocycles. The Balaban J connectivity index is 1.59. The predicted octanol–water partition coefficient (Wildman–Crippen LogP) is -1.24. The van der Waals surface area contributed by atoms with Crippen LogP contribution in [0.5, 0.6) is 0 Å². The van der Waals surface area contributed by atoms with Crippen molar-refractivity contribution in [2.24, 2.45) is 34.8 Å². The van der Waals surface area contributed by atoms with Gasteiger partial charge in [0.25, 0.3) is 0 Å². The fourth-order valence-electron chi connectivity index (χ4n) is 6.43. The van der Waals surface area contributed by atoms with Crippen LogP contribution in [0, 0.1) is 11.8 Å². The van der Waals surface area contributed by atoms with E-state index in [1.807, 2.05) is 13.8 Å². The highest BCUT2D eigenvalue weighted by molar-refractivity contribution is 8.00. The first-order valence-electron chi connectivity index (χ1n) is 19.7. The number of ketones is 1. The van der Waals surface area contributed by atoms with Crippen molar-refractivity contribution >= 4 is 53.0 Å². The number of thioether (sulfide) groups is 1. The second-order valence-electron chi connectivity index (χ2n) is 15.8. The molecule has 3 unspecified atom stereocenters. The highest BCUT2D eigenvalue weighted by Gasteiger charge is 2.41. The lowest BCUT2D eigenvalue weighted by Gasteiger charge is -2.29. The number of nitrogens with one attached hydrogen (secondary N) is 4. The number of primary amides is 2. The quantitative estimate of drug-likeness (QED) is 0.0249. The number of rotatable bonds is 29. The van der Waals surface area contributed by atoms with Gasteiger partial charge in [-0.2, -0.15) is 0 Å². The van der Waals surface area contributed by atoms with Crippen molar-refractivity contribution in [1.82, 2.24) is 26.2 Å². The number of hydrogen-bond donors (Lipinski definition) is 8. The SMILES string of the molecule is CC(C)(N)NCCOCCOCCNC(=O)CCC(=O)C(C)(C)NC(CCCCNC(=O)C(N)CSC1CC(=O)N(CC2CCC(C(N)=O)CC2)C1=O)C(N)=O. The summed E-state index contributed by atoms with van der Waals surface area (Å²) in [6, 6.07) is -1.70. The van der Waals surface area contributed by atoms with Gasteiger partial charge in [-0.15, -0.1) is 11.8 Å². The summed E-state index contributed by atoms with van der Waals surface area (Å²) >= 11 is 1.19. The summed E-state index contributed by atoms with van der Waals surface area (Å²) in [4.78, 5) is 88.4. The van der Waals surface area contributed by atoms with Crippen molar-refractivity contribution < 1.29 is 43.0 Å². The van der Waals surface area contributed by atoms with Crippen LogP contribution in [-0.2, 0) is 43.0 Å². The molecule has 0 aromatic carbocycles. The van der Waals surface area contributed by atoms with Gasteiger partial charge in [0.2, 0.25) is 35.4 Å². The Labute approximate surface area is 335 Å². The Morgan fingerprint density at radius 3 is 2.12 bits per heavy atom. The fraction of sp³-hybridized carbons (Fsp3) is 0.811. The molecule has 6 amide bonds. The summed E-state index contributed by atoms with van der Waals surface area (Å²) in [5.41, 5.74) is 21.4. The molecule has 2 rings (SSSR count). The summed E-state index contributed by atoms with van der Waals surface area (Å²) < 4.78 is 10.9. The summed E-state index contributed by atoms with van der Waals surface area (Å²) in [6.07, 6.45) is 4.13. The van der Waals surface area contributed by atoms with E-state index in [0.717, 1.165) is 12.8 Å². The Hall–Kier alpha value is -3.20. The molecule has 1 heterocycles. The lowest BCUT2D eigenvalue weighted by atomic mass is 9.81. The smallest absolute Gasteiger partial charge is 0.242 e. The number of amides is 6. The largest absolute Gasteiger partial charge is 0.378 e. The monoisotopic (exact) mass is 813 g/mol. The first-order valence-corrected chi connectivity index (χ1v) is 20.7. The Kier molecular flexibility index (Phi) is 21.5. The van der Waals surface area contributed by atoms with E-state index in [1.165, 1.54) is 16.7 Å². The van der Waals surface area contributed by atoms with E-state index in [9.17, 15) is 33.6 Å². The number of ether oxygens (including phenoxy) is 2. The summed E-state index contributed by atoms with van der Waals surface area (Å²) in [5, 5.41) is 11.0. The highest BCUT2D eigenvalue weighted by Crippen LogP contribution is 2.32. The molecule has 1 saturated carbocycles. The lowest BCUT2D eigenvalue weighted by Crippen LogP contribution is -2.55. The molecule has 0 aromatic heterocycles. The van der Waals surface area contributed by atoms with Crippen LogP contribution in [0.15, 0.2) is 0 Å². The maximum atomic E-state index is 13.0. The van der Waals surface area contributed by atoms with Gasteiger partial charge in [0.05, 0.1) is 55.0 Å². The van der Waals surface area contributed by atoms with Gasteiger partial charge in [-0.3, -0.25) is 49.1 Å². The molecule has 3 atom stereocenters. The molecule has 0 spiro atoms. The average Bonchev–Trinajstić information content (AvgIpc) is 3.39. The molecule has 18 nitrogen and oxygen atoms in total. The predicted molar refractivity (Wildman–Crippen MR) is 212 cm³/mol. The van der Waals surface area contributed by atoms with Gasteiger partial charge in [-0.05, 0) is 78.6 Å². The second-order valence-corrected chi connectivity index (χ2v) is 17.0. The molecular weight excluding hydrogens is 747 g/mol. The van der Waals surface area contributed by atoms with E-state index in [0.29, 0.717) is 78.2 Å². The van der Waals surface area contributed by atoms with Crippen molar-refractivity contribution in [2.45, 2.75) is 120 Å². The Morgan fingerprint density at radius 2 is 1.52 bits per heavy atom. The number of unbranched alkanes of at least 4 members (excludes halogenated alkanes) is 1. The van der Waals surface area contributed by atoms with Crippen molar-refractivity contribution in [2.75, 3.05) is 58.4 Å². The van der Waals surface area contributed by atoms with E-state index in [2.05, 4.69) is 21.3 Å². The highest BCUT2D eigenvalue weighted by atomic mass is 32.2. The molecule has 0 radical (unpaired) electrons. The van der Waals surface area contributed by atoms with Gasteiger partial charge < -0.3 is 43.0 Å². The van der Waals surface area contributed by atoms with Crippen molar-refractivity contribution in [3.8, 4) is 0 Å². The van der Waals surface area contributed by atoms with Crippen molar-refractivity contribution in [1.29, 1.82) is 0 Å². The van der Waals surface area contributed by atoms with Crippen LogP contribution in [0.2, 0.25) is 0 Å². The van der Waals surface area contributed by atoms with Crippen LogP contribution >= 0.6 is 11.8 Å². The van der Waals surface area contributed by atoms with E-state index in [-0.39, 0.29) is 72.8 Å². The van der Waals surface area contributed by atoms with Crippen LogP contribution in [0.4, 0.5) is 0 Å². The molecule has 1 aliphatic carbocycles. The van der Waals surface area contributed by atoms with Crippen LogP contribution in [-0.4, -0.2) is 133 Å². The first kappa shape index (κ1) is 48.9. The summed E-state index contributed by atoms with van der Waals surface area (Å²) in [7, 11) is 0. The van der Waals surface area contributed by atoms with Crippen LogP contribution in [0.1, 0.15) is 91.9 Å². The number of nitrogens with two attached hydrogens (primary N) is 4. The zero-order valence-corrected chi connectivity index (χ0v) is 34.5. The normalized spacial score (nSPS) is 20.1. The van der Waals surface area contributed by atoms with E-state index in [1.54, 1.807) is 13.8 Å². The topological polar surface area (TPSA) is 293 Å². The fourth-order valence-corrected chi connectivity index (χ4v) is 7.56. The second kappa shape index (κ2) is 24.5. The van der Waals surface area contributed by atoms with Crippen LogP contribution in [0.25, 0.3) is 0 Å². The Bertz CT molecular complexity index is 1320. The molecule has 0 bridgehead atoms. The van der Waals surface area contributed by atoms with E-state index < -0.39 is 40.3 Å². The number of imide groups is 1. The van der Waals surface area contributed by atoms with Gasteiger partial charge in [-0.1, -0.05) is 0 Å². The third-order valence-corrected chi connectivity index (χ3v) is 11.2. The summed E-state index contributed by atoms with van der Waals surface area (Å²) in [6.45, 7) is 10.1. The molecular formula is C37H67N9O9S. The molecule has 0 aromatic rings. The third-order valence-electron chi connectivity index (χ3n) is 9.85. The summed E-state index contributed by atoms with van der Waals surface area (Å²) in [5.74, 6) is -2.24. The van der Waals surface area contributed by atoms with Gasteiger partial charge in [0.15, 0.2) is 5.78 Å².